The molecule has 1 heterocycles. The largest absolute Gasteiger partial charge is 0.268 e. The topological polar surface area (TPSA) is 63.2 Å². The van der Waals surface area contributed by atoms with Gasteiger partial charge in [0.25, 0.3) is 15.9 Å². The molecule has 1 N–H and O–H groups in total. The third-order valence-corrected chi connectivity index (χ3v) is 3.59. The van der Waals surface area contributed by atoms with Crippen LogP contribution >= 0.6 is 0 Å². The molecule has 4 nitrogen and oxygen atoms in total. The van der Waals surface area contributed by atoms with Crippen LogP contribution in [0.3, 0.4) is 0 Å². The summed E-state index contributed by atoms with van der Waals surface area (Å²) in [7, 11) is -3.59. The van der Waals surface area contributed by atoms with Gasteiger partial charge in [-0.2, -0.15) is 0 Å². The highest BCUT2D eigenvalue weighted by molar-refractivity contribution is 7.90. The fourth-order valence-electron chi connectivity index (χ4n) is 1.43. The number of rotatable bonds is 1. The third kappa shape index (κ3) is 1.21. The van der Waals surface area contributed by atoms with Crippen molar-refractivity contribution in [3.05, 3.63) is 29.3 Å². The number of carbonyl (C=O) groups is 1. The van der Waals surface area contributed by atoms with Gasteiger partial charge in [-0.25, -0.2) is 13.1 Å². The Kier molecular flexibility index (Phi) is 1.85. The molecule has 14 heavy (non-hydrogen) atoms. The predicted molar refractivity (Wildman–Crippen MR) is 50.5 cm³/mol. The molecule has 0 saturated carbocycles. The number of hydrogen-bond acceptors (Lipinski definition) is 3. The summed E-state index contributed by atoms with van der Waals surface area (Å²) in [5.74, 6) is -0.539. The average Bonchev–Trinajstić information content (AvgIpc) is 2.37. The summed E-state index contributed by atoms with van der Waals surface area (Å²) in [6.07, 6.45) is 0.747. The van der Waals surface area contributed by atoms with Gasteiger partial charge in [-0.15, -0.1) is 0 Å². The van der Waals surface area contributed by atoms with Gasteiger partial charge in [0.15, 0.2) is 0 Å². The van der Waals surface area contributed by atoms with E-state index in [0.29, 0.717) is 0 Å². The third-order valence-electron chi connectivity index (χ3n) is 2.22. The van der Waals surface area contributed by atoms with Crippen LogP contribution in [0.1, 0.15) is 22.8 Å². The maximum absolute atomic E-state index is 11.4. The van der Waals surface area contributed by atoms with Crippen molar-refractivity contribution < 1.29 is 13.2 Å². The minimum Gasteiger partial charge on any atom is -0.268 e. The SMILES string of the molecule is CCc1ccc2c(c1)S(=O)(=O)NC2=O. The number of amides is 1. The highest BCUT2D eigenvalue weighted by atomic mass is 32.2. The highest BCUT2D eigenvalue weighted by Crippen LogP contribution is 2.23. The number of aryl methyl sites for hydroxylation is 1. The average molecular weight is 211 g/mol. The lowest BCUT2D eigenvalue weighted by Crippen LogP contribution is -2.20. The maximum atomic E-state index is 11.4. The summed E-state index contributed by atoms with van der Waals surface area (Å²) in [4.78, 5) is 11.3. The van der Waals surface area contributed by atoms with Crippen LogP contribution in [-0.4, -0.2) is 14.3 Å². The quantitative estimate of drug-likeness (QED) is 0.743. The van der Waals surface area contributed by atoms with Crippen LogP contribution in [0.15, 0.2) is 23.1 Å². The molecule has 1 aromatic rings. The van der Waals surface area contributed by atoms with Gasteiger partial charge in [-0.05, 0) is 24.1 Å². The van der Waals surface area contributed by atoms with Crippen molar-refractivity contribution in [3.63, 3.8) is 0 Å². The number of carbonyl (C=O) groups excluding carboxylic acids is 1. The summed E-state index contributed by atoms with van der Waals surface area (Å²) >= 11 is 0. The van der Waals surface area contributed by atoms with Crippen LogP contribution in [0, 0.1) is 0 Å². The molecule has 1 aromatic carbocycles. The van der Waals surface area contributed by atoms with E-state index >= 15 is 0 Å². The van der Waals surface area contributed by atoms with Crippen molar-refractivity contribution in [2.45, 2.75) is 18.2 Å². The summed E-state index contributed by atoms with van der Waals surface area (Å²) in [6.45, 7) is 1.93. The highest BCUT2D eigenvalue weighted by Gasteiger charge is 2.32. The summed E-state index contributed by atoms with van der Waals surface area (Å²) < 4.78 is 24.7. The molecular formula is C9H9NO3S. The molecule has 2 rings (SSSR count). The molecule has 0 saturated heterocycles. The number of sulfonamides is 1. The van der Waals surface area contributed by atoms with Crippen molar-refractivity contribution in [1.29, 1.82) is 0 Å². The van der Waals surface area contributed by atoms with E-state index in [1.807, 2.05) is 11.6 Å². The van der Waals surface area contributed by atoms with Gasteiger partial charge in [-0.3, -0.25) is 4.79 Å². The smallest absolute Gasteiger partial charge is 0.266 e. The maximum Gasteiger partial charge on any atom is 0.266 e. The molecule has 5 heteroatoms. The first-order chi connectivity index (χ1) is 6.54. The summed E-state index contributed by atoms with van der Waals surface area (Å²) in [5.41, 5.74) is 1.14. The van der Waals surface area contributed by atoms with Crippen molar-refractivity contribution in [1.82, 2.24) is 4.72 Å². The van der Waals surface area contributed by atoms with E-state index in [-0.39, 0.29) is 10.5 Å². The van der Waals surface area contributed by atoms with Crippen LogP contribution in [0.2, 0.25) is 0 Å². The van der Waals surface area contributed by atoms with E-state index in [4.69, 9.17) is 0 Å². The van der Waals surface area contributed by atoms with Crippen LogP contribution < -0.4 is 4.72 Å². The first-order valence-corrected chi connectivity index (χ1v) is 5.73. The normalized spacial score (nSPS) is 17.6. The molecule has 0 aromatic heterocycles. The lowest BCUT2D eigenvalue weighted by atomic mass is 10.1. The van der Waals surface area contributed by atoms with Crippen molar-refractivity contribution in [3.8, 4) is 0 Å². The zero-order chi connectivity index (χ0) is 10.3. The van der Waals surface area contributed by atoms with Crippen molar-refractivity contribution >= 4 is 15.9 Å². The fraction of sp³-hybridized carbons (Fsp3) is 0.222. The second-order valence-electron chi connectivity index (χ2n) is 3.12. The minimum absolute atomic E-state index is 0.0989. The fourth-order valence-corrected chi connectivity index (χ4v) is 2.65. The van der Waals surface area contributed by atoms with Gasteiger partial charge in [0.1, 0.15) is 4.90 Å². The standard InChI is InChI=1S/C9H9NO3S/c1-2-6-3-4-7-8(5-6)14(12,13)10-9(7)11/h3-5H,2H2,1H3,(H,10,11). The van der Waals surface area contributed by atoms with Gasteiger partial charge >= 0.3 is 0 Å². The van der Waals surface area contributed by atoms with Gasteiger partial charge in [0.2, 0.25) is 0 Å². The molecule has 1 aliphatic heterocycles. The lowest BCUT2D eigenvalue weighted by Gasteiger charge is -1.98. The van der Waals surface area contributed by atoms with Crippen LogP contribution in [-0.2, 0) is 16.4 Å². The molecule has 0 aliphatic carbocycles. The molecule has 0 unspecified atom stereocenters. The Balaban J connectivity index is 2.71. The van der Waals surface area contributed by atoms with E-state index in [0.717, 1.165) is 12.0 Å². The van der Waals surface area contributed by atoms with Crippen LogP contribution in [0.25, 0.3) is 0 Å². The molecule has 74 valence electrons. The Morgan fingerprint density at radius 1 is 1.36 bits per heavy atom. The number of nitrogens with one attached hydrogen (secondary N) is 1. The Bertz CT molecular complexity index is 505. The number of benzene rings is 1. The van der Waals surface area contributed by atoms with E-state index in [1.54, 1.807) is 18.2 Å². The number of fused-ring (bicyclic) bond motifs is 1. The Labute approximate surface area is 82.0 Å². The minimum atomic E-state index is -3.59. The molecule has 1 amide bonds. The zero-order valence-corrected chi connectivity index (χ0v) is 8.39. The summed E-state index contributed by atoms with van der Waals surface area (Å²) in [6, 6.07) is 4.86. The van der Waals surface area contributed by atoms with Crippen molar-refractivity contribution in [2.75, 3.05) is 0 Å². The first-order valence-electron chi connectivity index (χ1n) is 4.24. The summed E-state index contributed by atoms with van der Waals surface area (Å²) in [5, 5.41) is 0. The van der Waals surface area contributed by atoms with Gasteiger partial charge in [0.05, 0.1) is 5.56 Å². The number of hydrogen-bond donors (Lipinski definition) is 1. The van der Waals surface area contributed by atoms with Gasteiger partial charge in [0, 0.05) is 0 Å². The van der Waals surface area contributed by atoms with E-state index in [1.165, 1.54) is 0 Å². The van der Waals surface area contributed by atoms with Crippen LogP contribution in [0.5, 0.6) is 0 Å². The molecule has 0 radical (unpaired) electrons. The van der Waals surface area contributed by atoms with Crippen LogP contribution in [0.4, 0.5) is 0 Å². The van der Waals surface area contributed by atoms with Gasteiger partial charge in [-0.1, -0.05) is 13.0 Å². The van der Waals surface area contributed by atoms with Gasteiger partial charge < -0.3 is 0 Å². The Morgan fingerprint density at radius 2 is 2.07 bits per heavy atom. The second-order valence-corrected chi connectivity index (χ2v) is 4.77. The Morgan fingerprint density at radius 3 is 2.71 bits per heavy atom. The van der Waals surface area contributed by atoms with E-state index < -0.39 is 15.9 Å². The molecular weight excluding hydrogens is 202 g/mol. The second kappa shape index (κ2) is 2.81. The molecule has 0 atom stereocenters. The molecule has 1 aliphatic rings. The Hall–Kier alpha value is -1.36. The molecule has 0 fully saturated rings. The zero-order valence-electron chi connectivity index (χ0n) is 7.57. The lowest BCUT2D eigenvalue weighted by molar-refractivity contribution is 0.0985. The predicted octanol–water partition coefficient (Wildman–Crippen LogP) is 0.681. The molecule has 0 spiro atoms. The molecule has 0 bridgehead atoms. The van der Waals surface area contributed by atoms with E-state index in [2.05, 4.69) is 0 Å². The first kappa shape index (κ1) is 9.21. The van der Waals surface area contributed by atoms with E-state index in [9.17, 15) is 13.2 Å². The monoisotopic (exact) mass is 211 g/mol. The van der Waals surface area contributed by atoms with Crippen molar-refractivity contribution in [2.24, 2.45) is 0 Å².